The van der Waals surface area contributed by atoms with Gasteiger partial charge in [-0.1, -0.05) is 26.5 Å². The van der Waals surface area contributed by atoms with E-state index in [1.165, 1.54) is 38.6 Å². The fraction of sp³-hybridized carbons (Fsp3) is 0.303. The topological polar surface area (TPSA) is 112 Å². The van der Waals surface area contributed by atoms with Crippen LogP contribution in [-0.2, 0) is 9.59 Å². The Balaban J connectivity index is 1.76. The van der Waals surface area contributed by atoms with Crippen LogP contribution in [0, 0.1) is 18.6 Å². The number of nitrogens with zero attached hydrogens (tertiary/aromatic N) is 6. The summed E-state index contributed by atoms with van der Waals surface area (Å²) in [5.74, 6) is -3.18. The number of likely N-dealkylation sites (N-methyl/N-ethyl adjacent to an activating group) is 1. The van der Waals surface area contributed by atoms with Crippen LogP contribution in [0.25, 0.3) is 28.0 Å². The highest BCUT2D eigenvalue weighted by atomic mass is 19.1. The van der Waals surface area contributed by atoms with Crippen molar-refractivity contribution in [1.82, 2.24) is 19.4 Å². The predicted octanol–water partition coefficient (Wildman–Crippen LogP) is 4.43. The van der Waals surface area contributed by atoms with Gasteiger partial charge in [0.2, 0.25) is 5.91 Å². The molecule has 0 radical (unpaired) electrons. The Hall–Kier alpha value is -5.13. The first-order valence-corrected chi connectivity index (χ1v) is 14.7. The summed E-state index contributed by atoms with van der Waals surface area (Å²) >= 11 is 0. The van der Waals surface area contributed by atoms with Crippen LogP contribution in [0.4, 0.5) is 20.2 Å². The van der Waals surface area contributed by atoms with Gasteiger partial charge in [-0.3, -0.25) is 23.9 Å². The maximum atomic E-state index is 16.1. The molecular formula is C33H32F2N6O4. The SMILES string of the molecule is C=CC(=O)N1CCN2c3c(c(=O)n(-c4c(C)ccnc4C(C)C)c4nc(-c5c(O)cccc5F)c(F)cc34)N(CC)C(=O)[C@H]2C1. The van der Waals surface area contributed by atoms with E-state index in [2.05, 4.69) is 16.5 Å². The van der Waals surface area contributed by atoms with E-state index < -0.39 is 40.2 Å². The fourth-order valence-electron chi connectivity index (χ4n) is 6.40. The first-order chi connectivity index (χ1) is 21.5. The summed E-state index contributed by atoms with van der Waals surface area (Å²) in [6.07, 6.45) is 2.82. The largest absolute Gasteiger partial charge is 0.507 e. The van der Waals surface area contributed by atoms with Gasteiger partial charge in [-0.2, -0.15) is 0 Å². The normalized spacial score (nSPS) is 16.3. The molecule has 6 rings (SSSR count). The second-order valence-corrected chi connectivity index (χ2v) is 11.5. The molecular weight excluding hydrogens is 582 g/mol. The van der Waals surface area contributed by atoms with Crippen LogP contribution in [0.5, 0.6) is 5.75 Å². The zero-order valence-corrected chi connectivity index (χ0v) is 25.3. The maximum Gasteiger partial charge on any atom is 0.283 e. The van der Waals surface area contributed by atoms with Crippen molar-refractivity contribution < 1.29 is 23.5 Å². The molecule has 0 spiro atoms. The van der Waals surface area contributed by atoms with Crippen molar-refractivity contribution in [2.45, 2.75) is 39.7 Å². The molecule has 1 atom stereocenters. The number of pyridine rings is 3. The smallest absolute Gasteiger partial charge is 0.283 e. The number of piperazine rings is 1. The van der Waals surface area contributed by atoms with Crippen molar-refractivity contribution >= 4 is 34.2 Å². The number of halogens is 2. The molecule has 0 saturated carbocycles. The summed E-state index contributed by atoms with van der Waals surface area (Å²) in [6.45, 7) is 11.5. The van der Waals surface area contributed by atoms with Crippen LogP contribution in [0.1, 0.15) is 37.9 Å². The van der Waals surface area contributed by atoms with E-state index in [0.29, 0.717) is 22.6 Å². The van der Waals surface area contributed by atoms with Crippen molar-refractivity contribution in [3.05, 3.63) is 82.4 Å². The average molecular weight is 615 g/mol. The highest BCUT2D eigenvalue weighted by Crippen LogP contribution is 2.43. The number of phenolic OH excluding ortho intramolecular Hbond substituents is 1. The highest BCUT2D eigenvalue weighted by molar-refractivity contribution is 6.12. The van der Waals surface area contributed by atoms with Gasteiger partial charge in [0.05, 0.1) is 29.2 Å². The minimum Gasteiger partial charge on any atom is -0.507 e. The third kappa shape index (κ3) is 4.54. The zero-order valence-electron chi connectivity index (χ0n) is 25.3. The molecule has 0 unspecified atom stereocenters. The number of amides is 2. The molecule has 1 aromatic carbocycles. The van der Waals surface area contributed by atoms with Gasteiger partial charge in [0.1, 0.15) is 29.0 Å². The number of aryl methyl sites for hydroxylation is 1. The zero-order chi connectivity index (χ0) is 32.3. The van der Waals surface area contributed by atoms with E-state index in [9.17, 15) is 19.5 Å². The Morgan fingerprint density at radius 2 is 1.89 bits per heavy atom. The second kappa shape index (κ2) is 11.1. The van der Waals surface area contributed by atoms with Crippen molar-refractivity contribution in [3.8, 4) is 22.7 Å². The minimum absolute atomic E-state index is 0.00422. The molecule has 3 aromatic heterocycles. The van der Waals surface area contributed by atoms with Crippen molar-refractivity contribution in [3.63, 3.8) is 0 Å². The monoisotopic (exact) mass is 614 g/mol. The second-order valence-electron chi connectivity index (χ2n) is 11.5. The summed E-state index contributed by atoms with van der Waals surface area (Å²) < 4.78 is 32.5. The fourth-order valence-corrected chi connectivity index (χ4v) is 6.40. The molecule has 1 fully saturated rings. The van der Waals surface area contributed by atoms with Gasteiger partial charge in [0.25, 0.3) is 11.5 Å². The Bertz CT molecular complexity index is 1950. The van der Waals surface area contributed by atoms with Crippen molar-refractivity contribution in [2.24, 2.45) is 0 Å². The number of carbonyl (C=O) groups excluding carboxylic acids is 2. The average Bonchev–Trinajstić information content (AvgIpc) is 3.01. The van der Waals surface area contributed by atoms with Crippen LogP contribution in [0.3, 0.4) is 0 Å². The number of rotatable bonds is 5. The molecule has 1 saturated heterocycles. The number of phenols is 1. The van der Waals surface area contributed by atoms with Crippen LogP contribution in [0.2, 0.25) is 0 Å². The van der Waals surface area contributed by atoms with Gasteiger partial charge in [0.15, 0.2) is 11.5 Å². The van der Waals surface area contributed by atoms with Gasteiger partial charge in [-0.25, -0.2) is 13.8 Å². The number of fused-ring (bicyclic) bond motifs is 5. The molecule has 1 N–H and O–H groups in total. The number of anilines is 2. The van der Waals surface area contributed by atoms with Crippen LogP contribution < -0.4 is 15.4 Å². The summed E-state index contributed by atoms with van der Waals surface area (Å²) in [7, 11) is 0. The molecule has 0 bridgehead atoms. The molecule has 12 heteroatoms. The van der Waals surface area contributed by atoms with E-state index in [4.69, 9.17) is 0 Å². The molecule has 10 nitrogen and oxygen atoms in total. The number of aromatic nitrogens is 3. The molecule has 2 aliphatic rings. The molecule has 45 heavy (non-hydrogen) atoms. The Labute approximate surface area is 257 Å². The predicted molar refractivity (Wildman–Crippen MR) is 167 cm³/mol. The molecule has 2 aliphatic heterocycles. The first kappa shape index (κ1) is 29.9. The molecule has 5 heterocycles. The van der Waals surface area contributed by atoms with Crippen molar-refractivity contribution in [2.75, 3.05) is 36.0 Å². The lowest BCUT2D eigenvalue weighted by Crippen LogP contribution is -2.64. The van der Waals surface area contributed by atoms with Crippen LogP contribution in [0.15, 0.2) is 54.0 Å². The quantitative estimate of drug-likeness (QED) is 0.331. The lowest BCUT2D eigenvalue weighted by molar-refractivity contribution is -0.128. The lowest BCUT2D eigenvalue weighted by atomic mass is 9.99. The van der Waals surface area contributed by atoms with Crippen LogP contribution >= 0.6 is 0 Å². The molecule has 4 aromatic rings. The van der Waals surface area contributed by atoms with E-state index in [1.54, 1.807) is 24.1 Å². The van der Waals surface area contributed by atoms with E-state index >= 15 is 8.78 Å². The van der Waals surface area contributed by atoms with E-state index in [-0.39, 0.29) is 60.6 Å². The third-order valence-electron chi connectivity index (χ3n) is 8.50. The first-order valence-electron chi connectivity index (χ1n) is 14.7. The number of hydrogen-bond acceptors (Lipinski definition) is 7. The Morgan fingerprint density at radius 1 is 1.13 bits per heavy atom. The number of aromatic hydroxyl groups is 1. The summed E-state index contributed by atoms with van der Waals surface area (Å²) in [6, 6.07) is 5.66. The Kier molecular flexibility index (Phi) is 7.38. The minimum atomic E-state index is -0.931. The van der Waals surface area contributed by atoms with Gasteiger partial charge < -0.3 is 19.8 Å². The van der Waals surface area contributed by atoms with E-state index in [1.807, 2.05) is 20.8 Å². The van der Waals surface area contributed by atoms with Crippen molar-refractivity contribution in [1.29, 1.82) is 0 Å². The molecule has 0 aliphatic carbocycles. The Morgan fingerprint density at radius 3 is 2.56 bits per heavy atom. The molecule has 2 amide bonds. The van der Waals surface area contributed by atoms with Gasteiger partial charge in [0, 0.05) is 31.2 Å². The summed E-state index contributed by atoms with van der Waals surface area (Å²) in [5.41, 5.74) is 0.511. The van der Waals surface area contributed by atoms with Gasteiger partial charge in [-0.15, -0.1) is 0 Å². The third-order valence-corrected chi connectivity index (χ3v) is 8.50. The number of benzene rings is 1. The summed E-state index contributed by atoms with van der Waals surface area (Å²) in [4.78, 5) is 55.0. The van der Waals surface area contributed by atoms with Crippen LogP contribution in [-0.4, -0.2) is 68.6 Å². The maximum absolute atomic E-state index is 16.1. The summed E-state index contributed by atoms with van der Waals surface area (Å²) in [5, 5.41) is 10.8. The lowest BCUT2D eigenvalue weighted by Gasteiger charge is -2.48. The number of carbonyl (C=O) groups is 2. The standard InChI is InChI=1S/C33H32F2N6O4/c1-6-24(43)38-13-14-40-22(16-38)32(44)39(7-2)30-29(40)19-15-21(35)27(25-20(34)9-8-10-23(25)42)37-31(19)41(33(30)45)28-18(5)11-12-36-26(28)17(3)4/h6,8-12,15,17,22,42H,1,7,13-14,16H2,2-5H3/t22-/m1/s1. The molecule has 232 valence electrons. The highest BCUT2D eigenvalue weighted by Gasteiger charge is 2.45. The van der Waals surface area contributed by atoms with Gasteiger partial charge >= 0.3 is 0 Å². The number of hydrogen-bond donors (Lipinski definition) is 1. The van der Waals surface area contributed by atoms with Gasteiger partial charge in [-0.05, 0) is 55.7 Å². The van der Waals surface area contributed by atoms with E-state index in [0.717, 1.165) is 6.07 Å².